The molecule has 1 amide bonds. The van der Waals surface area contributed by atoms with Gasteiger partial charge in [0.1, 0.15) is 6.61 Å². The summed E-state index contributed by atoms with van der Waals surface area (Å²) in [7, 11) is 1.55. The number of likely N-dealkylation sites (tertiary alicyclic amines) is 1. The van der Waals surface area contributed by atoms with E-state index in [9.17, 15) is 4.79 Å². The van der Waals surface area contributed by atoms with Crippen molar-refractivity contribution in [2.75, 3.05) is 32.5 Å². The number of nitrogens with one attached hydrogen (secondary N) is 1. The molecule has 5 nitrogen and oxygen atoms in total. The number of nitrogen functional groups attached to an aromatic ring is 1. The summed E-state index contributed by atoms with van der Waals surface area (Å²) < 4.78 is 4.88. The Morgan fingerprint density at radius 3 is 2.75 bits per heavy atom. The maximum absolute atomic E-state index is 11.7. The van der Waals surface area contributed by atoms with Gasteiger partial charge in [-0.2, -0.15) is 0 Å². The Hall–Kier alpha value is -1.59. The van der Waals surface area contributed by atoms with Gasteiger partial charge in [0.2, 0.25) is 5.91 Å². The molecule has 0 aliphatic carbocycles. The van der Waals surface area contributed by atoms with E-state index in [1.807, 2.05) is 29.2 Å². The largest absolute Gasteiger partial charge is 0.398 e. The molecule has 1 aromatic carbocycles. The molecule has 0 unspecified atom stereocenters. The normalized spacial score (nSPS) is 16.4. The molecule has 1 aliphatic heterocycles. The Bertz CT molecular complexity index is 442. The summed E-state index contributed by atoms with van der Waals surface area (Å²) >= 11 is 0. The number of benzene rings is 1. The summed E-state index contributed by atoms with van der Waals surface area (Å²) in [6.07, 6.45) is 1.95. The van der Waals surface area contributed by atoms with Crippen molar-refractivity contribution in [1.29, 1.82) is 0 Å². The summed E-state index contributed by atoms with van der Waals surface area (Å²) in [6, 6.07) is 8.35. The third-order valence-corrected chi connectivity index (χ3v) is 3.75. The number of carbonyl (C=O) groups is 1. The first-order valence-corrected chi connectivity index (χ1v) is 7.04. The molecular weight excluding hydrogens is 254 g/mol. The molecule has 1 aromatic rings. The van der Waals surface area contributed by atoms with E-state index >= 15 is 0 Å². The van der Waals surface area contributed by atoms with Gasteiger partial charge in [-0.25, -0.2) is 0 Å². The molecule has 0 atom stereocenters. The highest BCUT2D eigenvalue weighted by atomic mass is 16.5. The average molecular weight is 277 g/mol. The van der Waals surface area contributed by atoms with E-state index in [0.717, 1.165) is 43.7 Å². The maximum atomic E-state index is 11.7. The predicted molar refractivity (Wildman–Crippen MR) is 79.2 cm³/mol. The van der Waals surface area contributed by atoms with Gasteiger partial charge in [-0.3, -0.25) is 4.79 Å². The van der Waals surface area contributed by atoms with Crippen molar-refractivity contribution in [3.63, 3.8) is 0 Å². The second-order valence-electron chi connectivity index (χ2n) is 5.17. The summed E-state index contributed by atoms with van der Waals surface area (Å²) in [5, 5.41) is 3.52. The first kappa shape index (κ1) is 14.8. The molecular formula is C15H23N3O2. The first-order chi connectivity index (χ1) is 9.70. The molecule has 1 saturated heterocycles. The standard InChI is InChI=1S/C15H23N3O2/c1-20-11-15(19)18-8-6-13(7-9-18)17-10-12-4-2-3-5-14(12)16/h2-5,13,17H,6-11,16H2,1H3. The summed E-state index contributed by atoms with van der Waals surface area (Å²) in [5.41, 5.74) is 7.88. The smallest absolute Gasteiger partial charge is 0.248 e. The van der Waals surface area contributed by atoms with Crippen molar-refractivity contribution in [3.8, 4) is 0 Å². The van der Waals surface area contributed by atoms with E-state index in [1.54, 1.807) is 7.11 Å². The Morgan fingerprint density at radius 1 is 1.40 bits per heavy atom. The van der Waals surface area contributed by atoms with Gasteiger partial charge >= 0.3 is 0 Å². The molecule has 1 aliphatic rings. The molecule has 20 heavy (non-hydrogen) atoms. The van der Waals surface area contributed by atoms with Crippen LogP contribution in [-0.2, 0) is 16.1 Å². The van der Waals surface area contributed by atoms with E-state index in [0.29, 0.717) is 6.04 Å². The second-order valence-corrected chi connectivity index (χ2v) is 5.17. The number of piperidine rings is 1. The number of amides is 1. The molecule has 5 heteroatoms. The number of methoxy groups -OCH3 is 1. The average Bonchev–Trinajstić information content (AvgIpc) is 2.47. The minimum absolute atomic E-state index is 0.0817. The highest BCUT2D eigenvalue weighted by Crippen LogP contribution is 2.14. The molecule has 1 heterocycles. The van der Waals surface area contributed by atoms with Gasteiger partial charge in [-0.05, 0) is 24.5 Å². The summed E-state index contributed by atoms with van der Waals surface area (Å²) in [5.74, 6) is 0.0817. The van der Waals surface area contributed by atoms with Crippen molar-refractivity contribution in [1.82, 2.24) is 10.2 Å². The quantitative estimate of drug-likeness (QED) is 0.788. The van der Waals surface area contributed by atoms with E-state index in [1.165, 1.54) is 0 Å². The third-order valence-electron chi connectivity index (χ3n) is 3.75. The fourth-order valence-electron chi connectivity index (χ4n) is 2.50. The maximum Gasteiger partial charge on any atom is 0.248 e. The number of rotatable bonds is 5. The first-order valence-electron chi connectivity index (χ1n) is 7.04. The predicted octanol–water partition coefficient (Wildman–Crippen LogP) is 0.996. The van der Waals surface area contributed by atoms with Crippen molar-refractivity contribution < 1.29 is 9.53 Å². The zero-order valence-electron chi connectivity index (χ0n) is 12.0. The molecule has 0 radical (unpaired) electrons. The number of carbonyl (C=O) groups excluding carboxylic acids is 1. The van der Waals surface area contributed by atoms with Crippen LogP contribution >= 0.6 is 0 Å². The minimum atomic E-state index is 0.0817. The van der Waals surface area contributed by atoms with Crippen LogP contribution in [0.15, 0.2) is 24.3 Å². The SMILES string of the molecule is COCC(=O)N1CCC(NCc2ccccc2N)CC1. The number of anilines is 1. The van der Waals surface area contributed by atoms with Crippen LogP contribution in [0.3, 0.4) is 0 Å². The Kier molecular flexibility index (Phi) is 5.38. The second kappa shape index (κ2) is 7.26. The molecule has 2 rings (SSSR count). The zero-order chi connectivity index (χ0) is 14.4. The van der Waals surface area contributed by atoms with Crippen LogP contribution in [0.1, 0.15) is 18.4 Å². The van der Waals surface area contributed by atoms with Crippen LogP contribution in [0.2, 0.25) is 0 Å². The Labute approximate surface area is 120 Å². The van der Waals surface area contributed by atoms with Crippen LogP contribution in [-0.4, -0.2) is 43.7 Å². The van der Waals surface area contributed by atoms with Gasteiger partial charge in [0.25, 0.3) is 0 Å². The van der Waals surface area contributed by atoms with Crippen molar-refractivity contribution >= 4 is 11.6 Å². The fourth-order valence-corrected chi connectivity index (χ4v) is 2.50. The van der Waals surface area contributed by atoms with Gasteiger partial charge in [0, 0.05) is 38.5 Å². The van der Waals surface area contributed by atoms with Crippen LogP contribution in [0.25, 0.3) is 0 Å². The lowest BCUT2D eigenvalue weighted by atomic mass is 10.0. The molecule has 3 N–H and O–H groups in total. The van der Waals surface area contributed by atoms with Crippen LogP contribution in [0, 0.1) is 0 Å². The number of nitrogens with zero attached hydrogens (tertiary/aromatic N) is 1. The van der Waals surface area contributed by atoms with Gasteiger partial charge < -0.3 is 20.7 Å². The van der Waals surface area contributed by atoms with Gasteiger partial charge in [-0.15, -0.1) is 0 Å². The molecule has 1 fully saturated rings. The highest BCUT2D eigenvalue weighted by molar-refractivity contribution is 5.77. The lowest BCUT2D eigenvalue weighted by Crippen LogP contribution is -2.45. The van der Waals surface area contributed by atoms with Crippen molar-refractivity contribution in [2.45, 2.75) is 25.4 Å². The number of nitrogens with two attached hydrogens (primary N) is 1. The van der Waals surface area contributed by atoms with Gasteiger partial charge in [0.15, 0.2) is 0 Å². The fraction of sp³-hybridized carbons (Fsp3) is 0.533. The summed E-state index contributed by atoms with van der Waals surface area (Å²) in [6.45, 7) is 2.55. The van der Waals surface area contributed by atoms with Gasteiger partial charge in [-0.1, -0.05) is 18.2 Å². The molecule has 110 valence electrons. The van der Waals surface area contributed by atoms with Crippen molar-refractivity contribution in [2.24, 2.45) is 0 Å². The third kappa shape index (κ3) is 3.95. The van der Waals surface area contributed by atoms with Gasteiger partial charge in [0.05, 0.1) is 0 Å². The zero-order valence-corrected chi connectivity index (χ0v) is 12.0. The Morgan fingerprint density at radius 2 is 2.10 bits per heavy atom. The summed E-state index contributed by atoms with van der Waals surface area (Å²) in [4.78, 5) is 13.6. The molecule has 0 spiro atoms. The number of hydrogen-bond acceptors (Lipinski definition) is 4. The van der Waals surface area contributed by atoms with E-state index < -0.39 is 0 Å². The lowest BCUT2D eigenvalue weighted by molar-refractivity contribution is -0.136. The lowest BCUT2D eigenvalue weighted by Gasteiger charge is -2.32. The van der Waals surface area contributed by atoms with E-state index in [2.05, 4.69) is 5.32 Å². The van der Waals surface area contributed by atoms with E-state index in [4.69, 9.17) is 10.5 Å². The number of para-hydroxylation sites is 1. The monoisotopic (exact) mass is 277 g/mol. The van der Waals surface area contributed by atoms with Crippen LogP contribution in [0.4, 0.5) is 5.69 Å². The number of hydrogen-bond donors (Lipinski definition) is 2. The molecule has 0 aromatic heterocycles. The van der Waals surface area contributed by atoms with Crippen molar-refractivity contribution in [3.05, 3.63) is 29.8 Å². The van der Waals surface area contributed by atoms with Crippen LogP contribution in [0.5, 0.6) is 0 Å². The minimum Gasteiger partial charge on any atom is -0.398 e. The molecule has 0 bridgehead atoms. The van der Waals surface area contributed by atoms with Crippen LogP contribution < -0.4 is 11.1 Å². The topological polar surface area (TPSA) is 67.6 Å². The highest BCUT2D eigenvalue weighted by Gasteiger charge is 2.22. The molecule has 0 saturated carbocycles. The number of ether oxygens (including phenoxy) is 1. The van der Waals surface area contributed by atoms with E-state index in [-0.39, 0.29) is 12.5 Å². The Balaban J connectivity index is 1.75.